The lowest BCUT2D eigenvalue weighted by atomic mass is 9.95. The summed E-state index contributed by atoms with van der Waals surface area (Å²) in [5.74, 6) is 2.37. The summed E-state index contributed by atoms with van der Waals surface area (Å²) in [7, 11) is 0. The van der Waals surface area contributed by atoms with Crippen molar-refractivity contribution in [3.63, 3.8) is 0 Å². The predicted molar refractivity (Wildman–Crippen MR) is 121 cm³/mol. The van der Waals surface area contributed by atoms with Gasteiger partial charge in [0.1, 0.15) is 18.2 Å². The summed E-state index contributed by atoms with van der Waals surface area (Å²) in [6.45, 7) is -0.384. The first-order chi connectivity index (χ1) is 17.1. The number of pyridine rings is 1. The van der Waals surface area contributed by atoms with E-state index in [0.717, 1.165) is 12.1 Å². The maximum Gasteiger partial charge on any atom is 0.417 e. The molecule has 6 nitrogen and oxygen atoms in total. The molecule has 1 aliphatic rings. The Labute approximate surface area is 202 Å². The largest absolute Gasteiger partial charge is 0.472 e. The zero-order valence-electron chi connectivity index (χ0n) is 18.7. The molecule has 1 heterocycles. The average Bonchev–Trinajstić information content (AvgIpc) is 3.32. The topological polar surface area (TPSA) is 100 Å². The smallest absolute Gasteiger partial charge is 0.417 e. The Balaban J connectivity index is 1.80. The molecule has 11 heteroatoms. The fourth-order valence-electron chi connectivity index (χ4n) is 4.09. The summed E-state index contributed by atoms with van der Waals surface area (Å²) in [5.41, 5.74) is 7.01. The number of allylic oxidation sites excluding steroid dienone is 2. The molecule has 3 aromatic rings. The minimum atomic E-state index is -4.67. The Hall–Kier alpha value is -3.99. The number of benzene rings is 2. The summed E-state index contributed by atoms with van der Waals surface area (Å²) >= 11 is 0. The number of nitrogens with zero attached hydrogens (tertiary/aromatic N) is 1. The van der Waals surface area contributed by atoms with Gasteiger partial charge in [0.2, 0.25) is 5.88 Å². The van der Waals surface area contributed by atoms with E-state index in [1.54, 1.807) is 6.07 Å². The van der Waals surface area contributed by atoms with E-state index in [4.69, 9.17) is 16.4 Å². The quantitative estimate of drug-likeness (QED) is 0.255. The standard InChI is InChI=1S/C25H20F5N3O3/c26-17-5-4-13(22(27)10-17)12-35-23-21(9-16(11-33-23)25(28,29)30)20-3-1-2-19(20)14-6-15(24(34)36-32)8-18(31)7-14/h4-11H,1-3,12,31-32H2. The number of rotatable bonds is 6. The lowest BCUT2D eigenvalue weighted by molar-refractivity contribution is -0.137. The van der Waals surface area contributed by atoms with Crippen LogP contribution in [0.3, 0.4) is 0 Å². The van der Waals surface area contributed by atoms with Gasteiger partial charge in [-0.2, -0.15) is 19.1 Å². The monoisotopic (exact) mass is 505 g/mol. The van der Waals surface area contributed by atoms with Crippen molar-refractivity contribution in [2.24, 2.45) is 5.90 Å². The number of anilines is 1. The summed E-state index contributed by atoms with van der Waals surface area (Å²) in [6, 6.07) is 8.27. The number of hydrogen-bond donors (Lipinski definition) is 2. The predicted octanol–water partition coefficient (Wildman–Crippen LogP) is 5.67. The van der Waals surface area contributed by atoms with Crippen molar-refractivity contribution < 1.29 is 36.3 Å². The molecule has 0 bridgehead atoms. The number of carbonyl (C=O) groups is 1. The second-order valence-electron chi connectivity index (χ2n) is 8.16. The van der Waals surface area contributed by atoms with Gasteiger partial charge < -0.3 is 15.3 Å². The number of ether oxygens (including phenoxy) is 1. The van der Waals surface area contributed by atoms with Crippen LogP contribution in [0, 0.1) is 11.6 Å². The SMILES string of the molecule is NOC(=O)c1cc(N)cc(C2=C(c3cc(C(F)(F)F)cnc3OCc3ccc(F)cc3F)CCC2)c1. The minimum absolute atomic E-state index is 0.00504. The molecule has 0 saturated heterocycles. The molecule has 2 aromatic carbocycles. The molecule has 4 N–H and O–H groups in total. The summed E-state index contributed by atoms with van der Waals surface area (Å²) in [6.07, 6.45) is -2.55. The Morgan fingerprint density at radius 3 is 2.47 bits per heavy atom. The van der Waals surface area contributed by atoms with Gasteiger partial charge in [-0.25, -0.2) is 18.6 Å². The third-order valence-corrected chi connectivity index (χ3v) is 5.75. The molecule has 0 unspecified atom stereocenters. The molecule has 0 fully saturated rings. The maximum atomic E-state index is 14.1. The van der Waals surface area contributed by atoms with Crippen molar-refractivity contribution in [2.75, 3.05) is 5.73 Å². The Morgan fingerprint density at radius 2 is 1.78 bits per heavy atom. The first-order valence-corrected chi connectivity index (χ1v) is 10.7. The van der Waals surface area contributed by atoms with E-state index in [9.17, 15) is 26.7 Å². The number of alkyl halides is 3. The Morgan fingerprint density at radius 1 is 1.03 bits per heavy atom. The molecular weight excluding hydrogens is 485 g/mol. The van der Waals surface area contributed by atoms with E-state index in [1.807, 2.05) is 0 Å². The first-order valence-electron chi connectivity index (χ1n) is 10.7. The fourth-order valence-corrected chi connectivity index (χ4v) is 4.09. The first kappa shape index (κ1) is 25.1. The number of carbonyl (C=O) groups excluding carboxylic acids is 1. The van der Waals surface area contributed by atoms with E-state index in [0.29, 0.717) is 48.2 Å². The van der Waals surface area contributed by atoms with Gasteiger partial charge in [0, 0.05) is 29.1 Å². The Kier molecular flexibility index (Phi) is 6.93. The molecule has 0 aliphatic heterocycles. The molecule has 0 amide bonds. The van der Waals surface area contributed by atoms with Crippen LogP contribution in [-0.4, -0.2) is 11.0 Å². The number of halogens is 5. The number of nitrogen functional groups attached to an aromatic ring is 1. The zero-order valence-corrected chi connectivity index (χ0v) is 18.7. The van der Waals surface area contributed by atoms with Gasteiger partial charge in [0.25, 0.3) is 0 Å². The van der Waals surface area contributed by atoms with Crippen LogP contribution < -0.4 is 16.4 Å². The van der Waals surface area contributed by atoms with E-state index < -0.39 is 29.3 Å². The molecule has 1 aromatic heterocycles. The number of hydrogen-bond acceptors (Lipinski definition) is 6. The van der Waals surface area contributed by atoms with Gasteiger partial charge in [-0.3, -0.25) is 0 Å². The molecule has 0 spiro atoms. The summed E-state index contributed by atoms with van der Waals surface area (Å²) in [5, 5.41) is 0. The molecule has 0 radical (unpaired) electrons. The molecule has 0 atom stereocenters. The van der Waals surface area contributed by atoms with Gasteiger partial charge >= 0.3 is 12.1 Å². The number of aromatic nitrogens is 1. The van der Waals surface area contributed by atoms with Gasteiger partial charge in [0.15, 0.2) is 0 Å². The lowest BCUT2D eigenvalue weighted by Gasteiger charge is -2.16. The molecule has 1 aliphatic carbocycles. The van der Waals surface area contributed by atoms with Crippen LogP contribution in [0.15, 0.2) is 48.7 Å². The lowest BCUT2D eigenvalue weighted by Crippen LogP contribution is -2.11. The molecule has 4 rings (SSSR count). The van der Waals surface area contributed by atoms with Gasteiger partial charge in [-0.05, 0) is 72.4 Å². The van der Waals surface area contributed by atoms with Crippen molar-refractivity contribution in [3.05, 3.63) is 88.1 Å². The molecule has 0 saturated carbocycles. The average molecular weight is 505 g/mol. The van der Waals surface area contributed by atoms with Crippen LogP contribution in [0.1, 0.15) is 51.9 Å². The highest BCUT2D eigenvalue weighted by Gasteiger charge is 2.33. The van der Waals surface area contributed by atoms with E-state index in [1.165, 1.54) is 18.2 Å². The fraction of sp³-hybridized carbons (Fsp3) is 0.200. The van der Waals surface area contributed by atoms with Gasteiger partial charge in [-0.15, -0.1) is 0 Å². The maximum absolute atomic E-state index is 14.1. The van der Waals surface area contributed by atoms with E-state index >= 15 is 0 Å². The van der Waals surface area contributed by atoms with Crippen LogP contribution in [0.5, 0.6) is 5.88 Å². The van der Waals surface area contributed by atoms with Crippen LogP contribution in [-0.2, 0) is 17.6 Å². The molecular formula is C25H20F5N3O3. The van der Waals surface area contributed by atoms with Crippen LogP contribution in [0.4, 0.5) is 27.6 Å². The Bertz CT molecular complexity index is 1360. The van der Waals surface area contributed by atoms with E-state index in [2.05, 4.69) is 9.82 Å². The zero-order chi connectivity index (χ0) is 26.0. The second kappa shape index (κ2) is 9.94. The van der Waals surface area contributed by atoms with Gasteiger partial charge in [-0.1, -0.05) is 0 Å². The van der Waals surface area contributed by atoms with Crippen molar-refractivity contribution in [1.29, 1.82) is 0 Å². The van der Waals surface area contributed by atoms with Crippen LogP contribution in [0.25, 0.3) is 11.1 Å². The highest BCUT2D eigenvalue weighted by atomic mass is 19.4. The molecule has 188 valence electrons. The third-order valence-electron chi connectivity index (χ3n) is 5.75. The van der Waals surface area contributed by atoms with E-state index in [-0.39, 0.29) is 34.9 Å². The normalized spacial score (nSPS) is 13.7. The highest BCUT2D eigenvalue weighted by molar-refractivity contribution is 5.97. The summed E-state index contributed by atoms with van der Waals surface area (Å²) < 4.78 is 73.5. The number of nitrogens with two attached hydrogens (primary N) is 2. The van der Waals surface area contributed by atoms with Crippen LogP contribution >= 0.6 is 0 Å². The summed E-state index contributed by atoms with van der Waals surface area (Å²) in [4.78, 5) is 20.1. The van der Waals surface area contributed by atoms with Crippen molar-refractivity contribution >= 4 is 22.8 Å². The van der Waals surface area contributed by atoms with Gasteiger partial charge in [0.05, 0.1) is 11.1 Å². The third kappa shape index (κ3) is 5.30. The highest BCUT2D eigenvalue weighted by Crippen LogP contribution is 2.44. The van der Waals surface area contributed by atoms with Crippen molar-refractivity contribution in [3.8, 4) is 5.88 Å². The second-order valence-corrected chi connectivity index (χ2v) is 8.16. The van der Waals surface area contributed by atoms with Crippen LogP contribution in [0.2, 0.25) is 0 Å². The van der Waals surface area contributed by atoms with Crippen molar-refractivity contribution in [2.45, 2.75) is 32.0 Å². The molecule has 36 heavy (non-hydrogen) atoms. The minimum Gasteiger partial charge on any atom is -0.472 e. The van der Waals surface area contributed by atoms with Crippen molar-refractivity contribution in [1.82, 2.24) is 4.98 Å².